The van der Waals surface area contributed by atoms with Crippen molar-refractivity contribution in [2.45, 2.75) is 13.1 Å². The highest BCUT2D eigenvalue weighted by molar-refractivity contribution is 5.71. The predicted molar refractivity (Wildman–Crippen MR) is 60.4 cm³/mol. The van der Waals surface area contributed by atoms with Gasteiger partial charge in [-0.1, -0.05) is 6.07 Å². The van der Waals surface area contributed by atoms with Crippen molar-refractivity contribution in [3.05, 3.63) is 23.8 Å². The van der Waals surface area contributed by atoms with E-state index in [0.717, 1.165) is 5.56 Å². The van der Waals surface area contributed by atoms with Crippen LogP contribution in [0.4, 0.5) is 13.2 Å². The summed E-state index contributed by atoms with van der Waals surface area (Å²) in [6.07, 6.45) is -4.86. The molecule has 0 amide bonds. The third-order valence-corrected chi connectivity index (χ3v) is 2.42. The van der Waals surface area contributed by atoms with E-state index in [-0.39, 0.29) is 11.5 Å². The van der Waals surface area contributed by atoms with Crippen LogP contribution in [0.2, 0.25) is 0 Å². The maximum absolute atomic E-state index is 12.4. The Hall–Kier alpha value is -1.92. The number of rotatable bonds is 5. The SMILES string of the molecule is COc1cc(C)ccc1OCC(C(=O)O)C(F)(F)F. The van der Waals surface area contributed by atoms with Gasteiger partial charge in [0.05, 0.1) is 7.11 Å². The molecule has 1 unspecified atom stereocenters. The summed E-state index contributed by atoms with van der Waals surface area (Å²) in [5.41, 5.74) is 0.842. The molecule has 0 radical (unpaired) electrons. The fourth-order valence-corrected chi connectivity index (χ4v) is 1.37. The van der Waals surface area contributed by atoms with Crippen LogP contribution in [0.3, 0.4) is 0 Å². The number of halogens is 3. The highest BCUT2D eigenvalue weighted by atomic mass is 19.4. The average molecular weight is 278 g/mol. The molecule has 7 heteroatoms. The predicted octanol–water partition coefficient (Wildman–Crippen LogP) is 2.65. The standard InChI is InChI=1S/C12H13F3O4/c1-7-3-4-9(10(5-7)18-2)19-6-8(11(16)17)12(13,14)15/h3-5,8H,6H2,1-2H3,(H,16,17). The highest BCUT2D eigenvalue weighted by Crippen LogP contribution is 2.31. The maximum atomic E-state index is 12.4. The molecule has 0 saturated heterocycles. The third kappa shape index (κ3) is 4.04. The minimum atomic E-state index is -4.86. The molecule has 0 spiro atoms. The van der Waals surface area contributed by atoms with Crippen LogP contribution in [0, 0.1) is 12.8 Å². The molecule has 19 heavy (non-hydrogen) atoms. The number of benzene rings is 1. The number of alkyl halides is 3. The Balaban J connectivity index is 2.83. The summed E-state index contributed by atoms with van der Waals surface area (Å²) in [6, 6.07) is 4.64. The number of aryl methyl sites for hydroxylation is 1. The quantitative estimate of drug-likeness (QED) is 0.899. The molecule has 1 aromatic rings. The van der Waals surface area contributed by atoms with Gasteiger partial charge in [-0.25, -0.2) is 0 Å². The smallest absolute Gasteiger partial charge is 0.405 e. The minimum absolute atomic E-state index is 0.0728. The van der Waals surface area contributed by atoms with Crippen LogP contribution in [-0.4, -0.2) is 31.0 Å². The molecule has 0 aromatic heterocycles. The van der Waals surface area contributed by atoms with E-state index in [1.165, 1.54) is 13.2 Å². The topological polar surface area (TPSA) is 55.8 Å². The lowest BCUT2D eigenvalue weighted by atomic mass is 10.1. The lowest BCUT2D eigenvalue weighted by Crippen LogP contribution is -2.35. The van der Waals surface area contributed by atoms with E-state index in [1.54, 1.807) is 19.1 Å². The van der Waals surface area contributed by atoms with Gasteiger partial charge >= 0.3 is 12.1 Å². The first-order chi connectivity index (χ1) is 8.75. The molecular formula is C12H13F3O4. The molecule has 0 fully saturated rings. The molecule has 0 aliphatic rings. The number of ether oxygens (including phenoxy) is 2. The summed E-state index contributed by atoms with van der Waals surface area (Å²) < 4.78 is 47.1. The number of aliphatic carboxylic acids is 1. The van der Waals surface area contributed by atoms with Gasteiger partial charge in [0.25, 0.3) is 0 Å². The molecule has 1 atom stereocenters. The van der Waals surface area contributed by atoms with Crippen molar-refractivity contribution in [1.29, 1.82) is 0 Å². The summed E-state index contributed by atoms with van der Waals surface area (Å²) in [6.45, 7) is 0.778. The summed E-state index contributed by atoms with van der Waals surface area (Å²) in [7, 11) is 1.35. The number of hydrogen-bond acceptors (Lipinski definition) is 3. The molecule has 106 valence electrons. The number of hydrogen-bond donors (Lipinski definition) is 1. The second kappa shape index (κ2) is 5.81. The average Bonchev–Trinajstić information content (AvgIpc) is 2.28. The molecule has 1 aromatic carbocycles. The first-order valence-electron chi connectivity index (χ1n) is 5.32. The van der Waals surface area contributed by atoms with Gasteiger partial charge in [-0.3, -0.25) is 4.79 Å². The van der Waals surface area contributed by atoms with Crippen LogP contribution in [0.5, 0.6) is 11.5 Å². The van der Waals surface area contributed by atoms with Crippen LogP contribution in [0.25, 0.3) is 0 Å². The summed E-state index contributed by atoms with van der Waals surface area (Å²) in [5.74, 6) is -4.22. The van der Waals surface area contributed by atoms with Crippen LogP contribution in [-0.2, 0) is 4.79 Å². The van der Waals surface area contributed by atoms with Crippen LogP contribution < -0.4 is 9.47 Å². The fraction of sp³-hybridized carbons (Fsp3) is 0.417. The zero-order valence-electron chi connectivity index (χ0n) is 10.3. The first-order valence-corrected chi connectivity index (χ1v) is 5.32. The maximum Gasteiger partial charge on any atom is 0.405 e. The Kier molecular flexibility index (Phi) is 4.63. The molecule has 1 rings (SSSR count). The van der Waals surface area contributed by atoms with Crippen molar-refractivity contribution < 1.29 is 32.5 Å². The lowest BCUT2D eigenvalue weighted by Gasteiger charge is -2.18. The zero-order valence-corrected chi connectivity index (χ0v) is 10.3. The van der Waals surface area contributed by atoms with E-state index < -0.39 is 24.7 Å². The van der Waals surface area contributed by atoms with Crippen LogP contribution >= 0.6 is 0 Å². The van der Waals surface area contributed by atoms with Gasteiger partial charge in [-0.15, -0.1) is 0 Å². The minimum Gasteiger partial charge on any atom is -0.493 e. The van der Waals surface area contributed by atoms with Crippen LogP contribution in [0.1, 0.15) is 5.56 Å². The second-order valence-electron chi connectivity index (χ2n) is 3.90. The lowest BCUT2D eigenvalue weighted by molar-refractivity contribution is -0.198. The molecule has 0 bridgehead atoms. The first kappa shape index (κ1) is 15.1. The third-order valence-electron chi connectivity index (χ3n) is 2.42. The fourth-order valence-electron chi connectivity index (χ4n) is 1.37. The summed E-state index contributed by atoms with van der Waals surface area (Å²) in [5, 5.41) is 8.53. The van der Waals surface area contributed by atoms with Crippen molar-refractivity contribution in [3.8, 4) is 11.5 Å². The van der Waals surface area contributed by atoms with E-state index in [0.29, 0.717) is 0 Å². The Morgan fingerprint density at radius 1 is 1.37 bits per heavy atom. The van der Waals surface area contributed by atoms with Crippen molar-refractivity contribution >= 4 is 5.97 Å². The van der Waals surface area contributed by atoms with Gasteiger partial charge in [0, 0.05) is 0 Å². The van der Waals surface area contributed by atoms with E-state index in [4.69, 9.17) is 14.6 Å². The van der Waals surface area contributed by atoms with Gasteiger partial charge in [0.1, 0.15) is 6.61 Å². The Morgan fingerprint density at radius 3 is 2.47 bits per heavy atom. The Bertz CT molecular complexity index is 457. The van der Waals surface area contributed by atoms with Gasteiger partial charge in [0.15, 0.2) is 17.4 Å². The number of carboxylic acids is 1. The molecule has 0 aliphatic carbocycles. The number of methoxy groups -OCH3 is 1. The van der Waals surface area contributed by atoms with Crippen molar-refractivity contribution in [1.82, 2.24) is 0 Å². The van der Waals surface area contributed by atoms with Crippen molar-refractivity contribution in [2.75, 3.05) is 13.7 Å². The van der Waals surface area contributed by atoms with E-state index in [1.807, 2.05) is 0 Å². The largest absolute Gasteiger partial charge is 0.493 e. The second-order valence-corrected chi connectivity index (χ2v) is 3.90. The summed E-state index contributed by atoms with van der Waals surface area (Å²) >= 11 is 0. The Morgan fingerprint density at radius 2 is 2.00 bits per heavy atom. The van der Waals surface area contributed by atoms with Crippen molar-refractivity contribution in [2.24, 2.45) is 5.92 Å². The number of carbonyl (C=O) groups is 1. The molecule has 0 saturated carbocycles. The molecule has 4 nitrogen and oxygen atoms in total. The molecule has 0 aliphatic heterocycles. The molecule has 0 heterocycles. The monoisotopic (exact) mass is 278 g/mol. The van der Waals surface area contributed by atoms with Gasteiger partial charge in [-0.05, 0) is 24.6 Å². The van der Waals surface area contributed by atoms with Gasteiger partial charge < -0.3 is 14.6 Å². The van der Waals surface area contributed by atoms with E-state index in [9.17, 15) is 18.0 Å². The Labute approximate surface area is 107 Å². The highest BCUT2D eigenvalue weighted by Gasteiger charge is 2.45. The van der Waals surface area contributed by atoms with Gasteiger partial charge in [0.2, 0.25) is 0 Å². The normalized spacial score (nSPS) is 12.9. The summed E-state index contributed by atoms with van der Waals surface area (Å²) in [4.78, 5) is 10.5. The van der Waals surface area contributed by atoms with Crippen LogP contribution in [0.15, 0.2) is 18.2 Å². The zero-order chi connectivity index (χ0) is 14.6. The van der Waals surface area contributed by atoms with Gasteiger partial charge in [-0.2, -0.15) is 13.2 Å². The van der Waals surface area contributed by atoms with Crippen molar-refractivity contribution in [3.63, 3.8) is 0 Å². The molecule has 1 N–H and O–H groups in total. The van der Waals surface area contributed by atoms with E-state index >= 15 is 0 Å². The molecular weight excluding hydrogens is 265 g/mol. The number of carboxylic acid groups (broad SMARTS) is 1. The van der Waals surface area contributed by atoms with E-state index in [2.05, 4.69) is 0 Å².